The molecule has 2 aromatic heterocycles. The summed E-state index contributed by atoms with van der Waals surface area (Å²) in [6, 6.07) is 13.3. The fourth-order valence-electron chi connectivity index (χ4n) is 4.74. The van der Waals surface area contributed by atoms with Crippen molar-refractivity contribution in [3.63, 3.8) is 0 Å². The molecule has 1 fully saturated rings. The number of hydrogen-bond acceptors (Lipinski definition) is 8. The SMILES string of the molecule is C=CC(=O)N1CC[C@@H](Oc2cc3c(Nc4cc(-c5ccco5)ccc4OC)ncnc3cc2OC)[C@H](C)C1. The van der Waals surface area contributed by atoms with Crippen LogP contribution < -0.4 is 19.5 Å². The van der Waals surface area contributed by atoms with Gasteiger partial charge in [0.25, 0.3) is 0 Å². The van der Waals surface area contributed by atoms with E-state index in [-0.39, 0.29) is 17.9 Å². The molecule has 0 radical (unpaired) electrons. The van der Waals surface area contributed by atoms with Gasteiger partial charge in [-0.2, -0.15) is 0 Å². The molecule has 38 heavy (non-hydrogen) atoms. The summed E-state index contributed by atoms with van der Waals surface area (Å²) in [5.74, 6) is 3.25. The second-order valence-electron chi connectivity index (χ2n) is 9.17. The number of carbonyl (C=O) groups is 1. The van der Waals surface area contributed by atoms with Gasteiger partial charge in [-0.15, -0.1) is 0 Å². The number of piperidine rings is 1. The summed E-state index contributed by atoms with van der Waals surface area (Å²) in [6.07, 6.45) is 5.12. The van der Waals surface area contributed by atoms with Crippen molar-refractivity contribution in [3.05, 3.63) is 67.7 Å². The Hall–Kier alpha value is -4.53. The molecule has 2 aromatic carbocycles. The van der Waals surface area contributed by atoms with Gasteiger partial charge in [0, 0.05) is 42.4 Å². The number of likely N-dealkylation sites (tertiary alicyclic amines) is 1. The number of furan rings is 1. The maximum atomic E-state index is 12.1. The number of fused-ring (bicyclic) bond motifs is 1. The average molecular weight is 515 g/mol. The summed E-state index contributed by atoms with van der Waals surface area (Å²) in [5, 5.41) is 4.17. The first-order valence-corrected chi connectivity index (χ1v) is 12.4. The lowest BCUT2D eigenvalue weighted by atomic mass is 9.96. The minimum Gasteiger partial charge on any atom is -0.495 e. The zero-order valence-corrected chi connectivity index (χ0v) is 21.6. The van der Waals surface area contributed by atoms with E-state index in [2.05, 4.69) is 28.8 Å². The van der Waals surface area contributed by atoms with E-state index < -0.39 is 0 Å². The van der Waals surface area contributed by atoms with Crippen molar-refractivity contribution in [1.29, 1.82) is 0 Å². The van der Waals surface area contributed by atoms with Crippen LogP contribution in [0.15, 0.2) is 72.1 Å². The van der Waals surface area contributed by atoms with Crippen molar-refractivity contribution in [2.24, 2.45) is 5.92 Å². The lowest BCUT2D eigenvalue weighted by Crippen LogP contribution is -2.46. The second-order valence-corrected chi connectivity index (χ2v) is 9.17. The molecular formula is C29H30N4O5. The van der Waals surface area contributed by atoms with Crippen molar-refractivity contribution in [2.45, 2.75) is 19.4 Å². The Morgan fingerprint density at radius 3 is 2.68 bits per heavy atom. The first-order valence-electron chi connectivity index (χ1n) is 12.4. The monoisotopic (exact) mass is 514 g/mol. The number of benzene rings is 2. The Labute approximate surface area is 221 Å². The summed E-state index contributed by atoms with van der Waals surface area (Å²) in [6.45, 7) is 6.89. The summed E-state index contributed by atoms with van der Waals surface area (Å²) >= 11 is 0. The van der Waals surface area contributed by atoms with Crippen LogP contribution in [-0.2, 0) is 4.79 Å². The highest BCUT2D eigenvalue weighted by Crippen LogP contribution is 2.38. The fraction of sp³-hybridized carbons (Fsp3) is 0.276. The summed E-state index contributed by atoms with van der Waals surface area (Å²) in [7, 11) is 3.23. The molecule has 3 heterocycles. The molecule has 2 atom stereocenters. The maximum absolute atomic E-state index is 12.1. The molecule has 1 saturated heterocycles. The van der Waals surface area contributed by atoms with Gasteiger partial charge in [0.05, 0.1) is 31.7 Å². The molecule has 0 spiro atoms. The first kappa shape index (κ1) is 25.1. The number of hydrogen-bond donors (Lipinski definition) is 1. The van der Waals surface area contributed by atoms with Gasteiger partial charge >= 0.3 is 0 Å². The number of carbonyl (C=O) groups excluding carboxylic acids is 1. The molecule has 0 unspecified atom stereocenters. The van der Waals surface area contributed by atoms with Gasteiger partial charge in [0.15, 0.2) is 11.5 Å². The number of amides is 1. The molecule has 9 heteroatoms. The van der Waals surface area contributed by atoms with E-state index in [1.807, 2.05) is 42.5 Å². The Morgan fingerprint density at radius 1 is 1.13 bits per heavy atom. The number of ether oxygens (including phenoxy) is 3. The van der Waals surface area contributed by atoms with Crippen LogP contribution in [0, 0.1) is 5.92 Å². The van der Waals surface area contributed by atoms with E-state index in [0.29, 0.717) is 48.1 Å². The van der Waals surface area contributed by atoms with Gasteiger partial charge in [-0.25, -0.2) is 9.97 Å². The quantitative estimate of drug-likeness (QED) is 0.310. The highest BCUT2D eigenvalue weighted by molar-refractivity contribution is 5.93. The van der Waals surface area contributed by atoms with Crippen molar-refractivity contribution in [3.8, 4) is 28.6 Å². The van der Waals surface area contributed by atoms with E-state index in [4.69, 9.17) is 18.6 Å². The van der Waals surface area contributed by atoms with Gasteiger partial charge in [0.1, 0.15) is 29.8 Å². The molecular weight excluding hydrogens is 484 g/mol. The molecule has 1 amide bonds. The van der Waals surface area contributed by atoms with Crippen LogP contribution >= 0.6 is 0 Å². The third-order valence-corrected chi connectivity index (χ3v) is 6.77. The van der Waals surface area contributed by atoms with Gasteiger partial charge in [-0.05, 0) is 42.5 Å². The van der Waals surface area contributed by atoms with E-state index in [0.717, 1.165) is 22.4 Å². The number of aromatic nitrogens is 2. The fourth-order valence-corrected chi connectivity index (χ4v) is 4.74. The Balaban J connectivity index is 1.47. The number of nitrogens with one attached hydrogen (secondary N) is 1. The lowest BCUT2D eigenvalue weighted by molar-refractivity contribution is -0.129. The molecule has 9 nitrogen and oxygen atoms in total. The topological polar surface area (TPSA) is 99.0 Å². The zero-order valence-electron chi connectivity index (χ0n) is 21.6. The van der Waals surface area contributed by atoms with Crippen LogP contribution in [0.2, 0.25) is 0 Å². The van der Waals surface area contributed by atoms with E-state index in [9.17, 15) is 4.79 Å². The third kappa shape index (κ3) is 5.00. The van der Waals surface area contributed by atoms with Crippen molar-refractivity contribution >= 4 is 28.3 Å². The summed E-state index contributed by atoms with van der Waals surface area (Å²) in [5.41, 5.74) is 2.33. The molecule has 1 aliphatic heterocycles. The van der Waals surface area contributed by atoms with Crippen molar-refractivity contribution in [1.82, 2.24) is 14.9 Å². The van der Waals surface area contributed by atoms with Crippen molar-refractivity contribution in [2.75, 3.05) is 32.6 Å². The van der Waals surface area contributed by atoms with E-state index in [1.165, 1.54) is 12.4 Å². The van der Waals surface area contributed by atoms with Crippen LogP contribution in [0.1, 0.15) is 13.3 Å². The predicted octanol–water partition coefficient (Wildman–Crippen LogP) is 5.45. The zero-order chi connectivity index (χ0) is 26.6. The van der Waals surface area contributed by atoms with Gasteiger partial charge in [-0.3, -0.25) is 4.79 Å². The minimum absolute atomic E-state index is 0.0574. The van der Waals surface area contributed by atoms with Gasteiger partial charge in [-0.1, -0.05) is 13.5 Å². The largest absolute Gasteiger partial charge is 0.495 e. The number of rotatable bonds is 8. The van der Waals surface area contributed by atoms with Crippen LogP contribution in [0.4, 0.5) is 11.5 Å². The lowest BCUT2D eigenvalue weighted by Gasteiger charge is -2.36. The standard InChI is InChI=1S/C29H30N4O5/c1-5-28(34)33-11-10-23(18(2)16-33)38-27-14-20-21(15-26(27)36-4)30-17-31-29(20)32-22-13-19(8-9-25(22)35-3)24-7-6-12-37-24/h5-9,12-15,17-18,23H,1,10-11,16H2,2-4H3,(H,30,31,32)/t18-,23-/m1/s1. The number of methoxy groups -OCH3 is 2. The molecule has 0 aliphatic carbocycles. The van der Waals surface area contributed by atoms with Gasteiger partial charge < -0.3 is 28.8 Å². The summed E-state index contributed by atoms with van der Waals surface area (Å²) < 4.78 is 23.3. The molecule has 196 valence electrons. The molecule has 5 rings (SSSR count). The van der Waals surface area contributed by atoms with Crippen LogP contribution in [-0.4, -0.2) is 54.2 Å². The first-order chi connectivity index (χ1) is 18.5. The van der Waals surface area contributed by atoms with Gasteiger partial charge in [0.2, 0.25) is 5.91 Å². The van der Waals surface area contributed by atoms with E-state index >= 15 is 0 Å². The predicted molar refractivity (Wildman–Crippen MR) is 145 cm³/mol. The van der Waals surface area contributed by atoms with Crippen LogP contribution in [0.5, 0.6) is 17.2 Å². The number of nitrogens with zero attached hydrogens (tertiary/aromatic N) is 3. The molecule has 1 N–H and O–H groups in total. The Morgan fingerprint density at radius 2 is 1.97 bits per heavy atom. The molecule has 0 saturated carbocycles. The third-order valence-electron chi connectivity index (χ3n) is 6.77. The highest BCUT2D eigenvalue weighted by atomic mass is 16.5. The summed E-state index contributed by atoms with van der Waals surface area (Å²) in [4.78, 5) is 22.8. The normalized spacial score (nSPS) is 17.2. The maximum Gasteiger partial charge on any atom is 0.245 e. The second kappa shape index (κ2) is 10.8. The van der Waals surface area contributed by atoms with E-state index in [1.54, 1.807) is 25.4 Å². The highest BCUT2D eigenvalue weighted by Gasteiger charge is 2.30. The molecule has 0 bridgehead atoms. The molecule has 4 aromatic rings. The Bertz CT molecular complexity index is 1450. The van der Waals surface area contributed by atoms with Crippen LogP contribution in [0.3, 0.4) is 0 Å². The number of anilines is 2. The smallest absolute Gasteiger partial charge is 0.245 e. The Kier molecular flexibility index (Phi) is 7.17. The minimum atomic E-state index is -0.0821. The molecule has 1 aliphatic rings. The van der Waals surface area contributed by atoms with Crippen LogP contribution in [0.25, 0.3) is 22.2 Å². The average Bonchev–Trinajstić information content (AvgIpc) is 3.49. The van der Waals surface area contributed by atoms with Crippen molar-refractivity contribution < 1.29 is 23.4 Å².